The van der Waals surface area contributed by atoms with Crippen molar-refractivity contribution in [2.75, 3.05) is 14.2 Å². The standard InChI is InChI=1S/C10H14O5/c1-14-9(12)6-4-3-5-7(11)8(6)10(13)15-2/h3,5-8,11H,4H2,1-2H3/t6-,7+,8-/m1/s1. The van der Waals surface area contributed by atoms with E-state index < -0.39 is 29.9 Å². The van der Waals surface area contributed by atoms with Crippen molar-refractivity contribution in [1.82, 2.24) is 0 Å². The minimum Gasteiger partial charge on any atom is -0.469 e. The van der Waals surface area contributed by atoms with E-state index in [0.717, 1.165) is 0 Å². The van der Waals surface area contributed by atoms with Gasteiger partial charge in [-0.3, -0.25) is 9.59 Å². The molecule has 0 spiro atoms. The molecule has 0 heterocycles. The number of esters is 2. The fourth-order valence-electron chi connectivity index (χ4n) is 1.70. The average molecular weight is 214 g/mol. The van der Waals surface area contributed by atoms with Crippen LogP contribution >= 0.6 is 0 Å². The highest BCUT2D eigenvalue weighted by molar-refractivity contribution is 5.83. The zero-order chi connectivity index (χ0) is 11.4. The fourth-order valence-corrected chi connectivity index (χ4v) is 1.70. The Kier molecular flexibility index (Phi) is 3.85. The maximum absolute atomic E-state index is 11.4. The molecule has 0 aliphatic heterocycles. The lowest BCUT2D eigenvalue weighted by Gasteiger charge is -2.27. The molecular weight excluding hydrogens is 200 g/mol. The van der Waals surface area contributed by atoms with Gasteiger partial charge in [-0.2, -0.15) is 0 Å². The second-order valence-corrected chi connectivity index (χ2v) is 3.33. The van der Waals surface area contributed by atoms with Crippen LogP contribution in [0.3, 0.4) is 0 Å². The van der Waals surface area contributed by atoms with Crippen molar-refractivity contribution >= 4 is 11.9 Å². The van der Waals surface area contributed by atoms with Crippen LogP contribution in [0.4, 0.5) is 0 Å². The smallest absolute Gasteiger partial charge is 0.312 e. The van der Waals surface area contributed by atoms with Crippen molar-refractivity contribution in [3.05, 3.63) is 12.2 Å². The van der Waals surface area contributed by atoms with E-state index >= 15 is 0 Å². The number of aliphatic hydroxyl groups excluding tert-OH is 1. The van der Waals surface area contributed by atoms with Crippen LogP contribution in [-0.4, -0.2) is 37.4 Å². The maximum atomic E-state index is 11.4. The summed E-state index contributed by atoms with van der Waals surface area (Å²) in [5.74, 6) is -2.63. The van der Waals surface area contributed by atoms with E-state index in [9.17, 15) is 14.7 Å². The summed E-state index contributed by atoms with van der Waals surface area (Å²) < 4.78 is 9.12. The Morgan fingerprint density at radius 3 is 2.40 bits per heavy atom. The highest BCUT2D eigenvalue weighted by atomic mass is 16.5. The quantitative estimate of drug-likeness (QED) is 0.512. The van der Waals surface area contributed by atoms with Crippen LogP contribution in [0.25, 0.3) is 0 Å². The van der Waals surface area contributed by atoms with Crippen molar-refractivity contribution in [2.45, 2.75) is 12.5 Å². The highest BCUT2D eigenvalue weighted by Crippen LogP contribution is 2.28. The predicted octanol–water partition coefficient (Wildman–Crippen LogP) is -0.114. The Balaban J connectivity index is 2.89. The molecule has 0 aromatic heterocycles. The Hall–Kier alpha value is -1.36. The molecule has 0 amide bonds. The third-order valence-electron chi connectivity index (χ3n) is 2.50. The number of carbonyl (C=O) groups excluding carboxylic acids is 2. The molecule has 0 saturated heterocycles. The molecule has 15 heavy (non-hydrogen) atoms. The van der Waals surface area contributed by atoms with E-state index in [1.54, 1.807) is 6.08 Å². The van der Waals surface area contributed by atoms with Gasteiger partial charge in [-0.25, -0.2) is 0 Å². The molecule has 1 rings (SSSR count). The zero-order valence-electron chi connectivity index (χ0n) is 8.67. The van der Waals surface area contributed by atoms with Crippen molar-refractivity contribution in [1.29, 1.82) is 0 Å². The van der Waals surface area contributed by atoms with Crippen LogP contribution in [0.1, 0.15) is 6.42 Å². The maximum Gasteiger partial charge on any atom is 0.312 e. The van der Waals surface area contributed by atoms with E-state index in [2.05, 4.69) is 9.47 Å². The second kappa shape index (κ2) is 4.93. The second-order valence-electron chi connectivity index (χ2n) is 3.33. The summed E-state index contributed by atoms with van der Waals surface area (Å²) in [5.41, 5.74) is 0. The Morgan fingerprint density at radius 1 is 1.27 bits per heavy atom. The largest absolute Gasteiger partial charge is 0.469 e. The number of allylic oxidation sites excluding steroid dienone is 1. The minimum absolute atomic E-state index is 0.378. The van der Waals surface area contributed by atoms with Crippen molar-refractivity contribution in [3.8, 4) is 0 Å². The summed E-state index contributed by atoms with van der Waals surface area (Å²) in [5, 5.41) is 9.59. The van der Waals surface area contributed by atoms with Crippen molar-refractivity contribution in [2.24, 2.45) is 11.8 Å². The molecule has 0 aromatic carbocycles. The molecular formula is C10H14O5. The Morgan fingerprint density at radius 2 is 1.87 bits per heavy atom. The van der Waals surface area contributed by atoms with Crippen molar-refractivity contribution in [3.63, 3.8) is 0 Å². The van der Waals surface area contributed by atoms with Gasteiger partial charge in [-0.15, -0.1) is 0 Å². The molecule has 0 saturated carbocycles. The monoisotopic (exact) mass is 214 g/mol. The number of aliphatic hydroxyl groups is 1. The number of carbonyl (C=O) groups is 2. The summed E-state index contributed by atoms with van der Waals surface area (Å²) in [7, 11) is 2.48. The minimum atomic E-state index is -0.990. The highest BCUT2D eigenvalue weighted by Gasteiger charge is 2.40. The first-order valence-corrected chi connectivity index (χ1v) is 4.62. The summed E-state index contributed by atoms with van der Waals surface area (Å²) in [6.07, 6.45) is 2.53. The molecule has 0 bridgehead atoms. The molecule has 0 aromatic rings. The summed E-state index contributed by atoms with van der Waals surface area (Å²) in [4.78, 5) is 22.8. The first-order chi connectivity index (χ1) is 7.11. The number of hydrogen-bond acceptors (Lipinski definition) is 5. The number of ether oxygens (including phenoxy) is 2. The number of methoxy groups -OCH3 is 2. The lowest BCUT2D eigenvalue weighted by molar-refractivity contribution is -0.161. The molecule has 1 aliphatic rings. The van der Waals surface area contributed by atoms with Gasteiger partial charge in [0.05, 0.1) is 32.2 Å². The van der Waals surface area contributed by atoms with E-state index in [1.807, 2.05) is 0 Å². The molecule has 3 atom stereocenters. The molecule has 5 heteroatoms. The van der Waals surface area contributed by atoms with Gasteiger partial charge in [0.25, 0.3) is 0 Å². The zero-order valence-corrected chi connectivity index (χ0v) is 8.67. The van der Waals surface area contributed by atoms with Crippen LogP contribution in [0.2, 0.25) is 0 Å². The molecule has 1 aliphatic carbocycles. The number of hydrogen-bond donors (Lipinski definition) is 1. The first kappa shape index (κ1) is 11.7. The Labute approximate surface area is 87.7 Å². The van der Waals surface area contributed by atoms with E-state index in [1.165, 1.54) is 20.3 Å². The van der Waals surface area contributed by atoms with Gasteiger partial charge < -0.3 is 14.6 Å². The SMILES string of the molecule is COC(=O)[C@H]1[C@@H](O)C=CC[C@H]1C(=O)OC. The number of rotatable bonds is 2. The Bertz CT molecular complexity index is 284. The lowest BCUT2D eigenvalue weighted by atomic mass is 9.81. The van der Waals surface area contributed by atoms with Crippen LogP contribution in [0.5, 0.6) is 0 Å². The topological polar surface area (TPSA) is 72.8 Å². The molecule has 84 valence electrons. The first-order valence-electron chi connectivity index (χ1n) is 4.62. The van der Waals surface area contributed by atoms with Crippen LogP contribution in [0, 0.1) is 11.8 Å². The van der Waals surface area contributed by atoms with E-state index in [0.29, 0.717) is 6.42 Å². The van der Waals surface area contributed by atoms with Gasteiger partial charge in [0.15, 0.2) is 0 Å². The summed E-state index contributed by atoms with van der Waals surface area (Å²) >= 11 is 0. The van der Waals surface area contributed by atoms with Gasteiger partial charge in [0, 0.05) is 0 Å². The van der Waals surface area contributed by atoms with Gasteiger partial charge >= 0.3 is 11.9 Å². The fraction of sp³-hybridized carbons (Fsp3) is 0.600. The van der Waals surface area contributed by atoms with Gasteiger partial charge in [0.2, 0.25) is 0 Å². The average Bonchev–Trinajstić information content (AvgIpc) is 2.26. The summed E-state index contributed by atoms with van der Waals surface area (Å²) in [6, 6.07) is 0. The van der Waals surface area contributed by atoms with Crippen molar-refractivity contribution < 1.29 is 24.2 Å². The third-order valence-corrected chi connectivity index (χ3v) is 2.50. The van der Waals surface area contributed by atoms with Crippen LogP contribution in [0.15, 0.2) is 12.2 Å². The molecule has 1 N–H and O–H groups in total. The predicted molar refractivity (Wildman–Crippen MR) is 50.8 cm³/mol. The molecule has 0 radical (unpaired) electrons. The van der Waals surface area contributed by atoms with E-state index in [4.69, 9.17) is 0 Å². The summed E-state index contributed by atoms with van der Waals surface area (Å²) in [6.45, 7) is 0. The van der Waals surface area contributed by atoms with Gasteiger partial charge in [-0.1, -0.05) is 12.2 Å². The van der Waals surface area contributed by atoms with Crippen LogP contribution < -0.4 is 0 Å². The van der Waals surface area contributed by atoms with Gasteiger partial charge in [-0.05, 0) is 6.42 Å². The normalized spacial score (nSPS) is 29.7. The molecule has 5 nitrogen and oxygen atoms in total. The van der Waals surface area contributed by atoms with E-state index in [-0.39, 0.29) is 0 Å². The lowest BCUT2D eigenvalue weighted by Crippen LogP contribution is -2.40. The third kappa shape index (κ3) is 2.36. The molecule has 0 fully saturated rings. The van der Waals surface area contributed by atoms with Gasteiger partial charge in [0.1, 0.15) is 0 Å². The van der Waals surface area contributed by atoms with Crippen LogP contribution in [-0.2, 0) is 19.1 Å². The molecule has 0 unspecified atom stereocenters.